The van der Waals surface area contributed by atoms with Crippen LogP contribution in [0.15, 0.2) is 22.7 Å². The maximum Gasteiger partial charge on any atom is 0.227 e. The molecule has 6 heteroatoms. The van der Waals surface area contributed by atoms with Crippen molar-refractivity contribution in [2.45, 2.75) is 45.1 Å². The largest absolute Gasteiger partial charge is 0.492 e. The summed E-state index contributed by atoms with van der Waals surface area (Å²) in [4.78, 5) is 12.7. The molecule has 2 unspecified atom stereocenters. The molecule has 2 aliphatic carbocycles. The van der Waals surface area contributed by atoms with Crippen LogP contribution in [0.1, 0.15) is 39.0 Å². The standard InChI is InChI=1S/C18H25BrN2O2.ClH/c1-2-23-16-10-14(19)6-7-15(16)21-18(22)13-8-11-4-3-5-12(9-13)17(11)20;/h6-7,10-13,17H,2-5,8-9,20H2,1H3,(H,21,22);1H. The maximum atomic E-state index is 12.7. The third-order valence-corrected chi connectivity index (χ3v) is 5.78. The second-order valence-electron chi connectivity index (χ2n) is 6.76. The van der Waals surface area contributed by atoms with Crippen LogP contribution in [-0.2, 0) is 4.79 Å². The van der Waals surface area contributed by atoms with Gasteiger partial charge in [0.2, 0.25) is 5.91 Å². The molecule has 0 radical (unpaired) electrons. The van der Waals surface area contributed by atoms with E-state index in [9.17, 15) is 4.79 Å². The summed E-state index contributed by atoms with van der Waals surface area (Å²) in [6.07, 6.45) is 5.44. The summed E-state index contributed by atoms with van der Waals surface area (Å²) in [5.74, 6) is 1.91. The molecule has 1 amide bonds. The predicted octanol–water partition coefficient (Wildman–Crippen LogP) is 4.36. The van der Waals surface area contributed by atoms with E-state index in [2.05, 4.69) is 21.2 Å². The molecule has 4 nitrogen and oxygen atoms in total. The molecule has 0 aliphatic heterocycles. The Labute approximate surface area is 158 Å². The number of anilines is 1. The summed E-state index contributed by atoms with van der Waals surface area (Å²) in [6.45, 7) is 2.51. The van der Waals surface area contributed by atoms with Crippen LogP contribution in [0.5, 0.6) is 5.75 Å². The van der Waals surface area contributed by atoms with Crippen LogP contribution in [0.2, 0.25) is 0 Å². The van der Waals surface area contributed by atoms with Crippen molar-refractivity contribution >= 4 is 39.9 Å². The van der Waals surface area contributed by atoms with Gasteiger partial charge in [-0.2, -0.15) is 0 Å². The summed E-state index contributed by atoms with van der Waals surface area (Å²) in [5.41, 5.74) is 7.07. The number of fused-ring (bicyclic) bond motifs is 2. The Bertz CT molecular complexity index is 570. The minimum Gasteiger partial charge on any atom is -0.492 e. The zero-order valence-corrected chi connectivity index (χ0v) is 16.4. The highest BCUT2D eigenvalue weighted by Crippen LogP contribution is 2.42. The highest BCUT2D eigenvalue weighted by molar-refractivity contribution is 9.10. The summed E-state index contributed by atoms with van der Waals surface area (Å²) in [5, 5.41) is 3.07. The van der Waals surface area contributed by atoms with Gasteiger partial charge in [0, 0.05) is 16.4 Å². The van der Waals surface area contributed by atoms with Gasteiger partial charge in [0.1, 0.15) is 5.75 Å². The molecule has 2 saturated carbocycles. The van der Waals surface area contributed by atoms with Crippen molar-refractivity contribution in [1.82, 2.24) is 0 Å². The average Bonchev–Trinajstić information content (AvgIpc) is 2.50. The fraction of sp³-hybridized carbons (Fsp3) is 0.611. The van der Waals surface area contributed by atoms with E-state index in [0.29, 0.717) is 30.2 Å². The van der Waals surface area contributed by atoms with Crippen molar-refractivity contribution in [3.63, 3.8) is 0 Å². The zero-order chi connectivity index (χ0) is 16.4. The minimum atomic E-state index is 0. The zero-order valence-electron chi connectivity index (χ0n) is 14.0. The Morgan fingerprint density at radius 2 is 2.00 bits per heavy atom. The van der Waals surface area contributed by atoms with Crippen molar-refractivity contribution < 1.29 is 9.53 Å². The van der Waals surface area contributed by atoms with Crippen molar-refractivity contribution in [2.75, 3.05) is 11.9 Å². The van der Waals surface area contributed by atoms with Gasteiger partial charge in [-0.3, -0.25) is 4.79 Å². The lowest BCUT2D eigenvalue weighted by Crippen LogP contribution is -2.48. The molecular weight excluding hydrogens is 392 g/mol. The quantitative estimate of drug-likeness (QED) is 0.765. The van der Waals surface area contributed by atoms with E-state index in [0.717, 1.165) is 23.0 Å². The lowest BCUT2D eigenvalue weighted by molar-refractivity contribution is -0.122. The molecule has 1 aromatic carbocycles. The molecule has 24 heavy (non-hydrogen) atoms. The molecule has 0 heterocycles. The molecule has 1 aromatic rings. The van der Waals surface area contributed by atoms with Crippen molar-refractivity contribution in [3.8, 4) is 5.75 Å². The Balaban J connectivity index is 0.00000208. The highest BCUT2D eigenvalue weighted by atomic mass is 79.9. The molecule has 2 fully saturated rings. The van der Waals surface area contributed by atoms with Crippen LogP contribution in [-0.4, -0.2) is 18.6 Å². The molecule has 2 aliphatic rings. The number of nitrogens with two attached hydrogens (primary N) is 1. The highest BCUT2D eigenvalue weighted by Gasteiger charge is 2.40. The number of ether oxygens (including phenoxy) is 1. The van der Waals surface area contributed by atoms with E-state index in [-0.39, 0.29) is 24.2 Å². The Morgan fingerprint density at radius 3 is 2.62 bits per heavy atom. The molecule has 134 valence electrons. The SMILES string of the molecule is CCOc1cc(Br)ccc1NC(=O)C1CC2CCCC(C1)C2N.Cl. The van der Waals surface area contributed by atoms with E-state index in [4.69, 9.17) is 10.5 Å². The Kier molecular flexibility index (Phi) is 6.96. The van der Waals surface area contributed by atoms with Crippen LogP contribution < -0.4 is 15.8 Å². The van der Waals surface area contributed by atoms with Gasteiger partial charge in [0.05, 0.1) is 12.3 Å². The fourth-order valence-corrected chi connectivity index (χ4v) is 4.45. The predicted molar refractivity (Wildman–Crippen MR) is 103 cm³/mol. The monoisotopic (exact) mass is 416 g/mol. The molecule has 2 atom stereocenters. The van der Waals surface area contributed by atoms with E-state index >= 15 is 0 Å². The van der Waals surface area contributed by atoms with Crippen LogP contribution in [0.25, 0.3) is 0 Å². The molecule has 0 spiro atoms. The summed E-state index contributed by atoms with van der Waals surface area (Å²) >= 11 is 3.44. The van der Waals surface area contributed by atoms with Gasteiger partial charge >= 0.3 is 0 Å². The van der Waals surface area contributed by atoms with Gasteiger partial charge in [-0.1, -0.05) is 22.4 Å². The lowest BCUT2D eigenvalue weighted by atomic mass is 9.65. The van der Waals surface area contributed by atoms with Gasteiger partial charge in [-0.15, -0.1) is 12.4 Å². The molecule has 3 rings (SSSR count). The van der Waals surface area contributed by atoms with Gasteiger partial charge in [-0.25, -0.2) is 0 Å². The molecule has 0 aromatic heterocycles. The number of nitrogens with one attached hydrogen (secondary N) is 1. The number of carbonyl (C=O) groups is 1. The van der Waals surface area contributed by atoms with Crippen LogP contribution in [0, 0.1) is 17.8 Å². The van der Waals surface area contributed by atoms with Crippen LogP contribution in [0.3, 0.4) is 0 Å². The van der Waals surface area contributed by atoms with Gasteiger partial charge in [-0.05, 0) is 62.6 Å². The molecule has 0 saturated heterocycles. The van der Waals surface area contributed by atoms with Crippen molar-refractivity contribution in [2.24, 2.45) is 23.5 Å². The first-order valence-electron chi connectivity index (χ1n) is 8.57. The third kappa shape index (κ3) is 4.24. The van der Waals surface area contributed by atoms with Crippen molar-refractivity contribution in [1.29, 1.82) is 0 Å². The first-order chi connectivity index (χ1) is 11.1. The molecule has 3 N–H and O–H groups in total. The number of benzene rings is 1. The number of hydrogen-bond acceptors (Lipinski definition) is 3. The van der Waals surface area contributed by atoms with E-state index in [1.807, 2.05) is 25.1 Å². The smallest absolute Gasteiger partial charge is 0.227 e. The maximum absolute atomic E-state index is 12.7. The van der Waals surface area contributed by atoms with Gasteiger partial charge in [0.15, 0.2) is 0 Å². The van der Waals surface area contributed by atoms with Gasteiger partial charge in [0.25, 0.3) is 0 Å². The first-order valence-corrected chi connectivity index (χ1v) is 9.36. The Morgan fingerprint density at radius 1 is 1.33 bits per heavy atom. The second kappa shape index (κ2) is 8.54. The fourth-order valence-electron chi connectivity index (χ4n) is 4.11. The van der Waals surface area contributed by atoms with E-state index in [1.165, 1.54) is 19.3 Å². The number of rotatable bonds is 4. The third-order valence-electron chi connectivity index (χ3n) is 5.29. The van der Waals surface area contributed by atoms with Gasteiger partial charge < -0.3 is 15.8 Å². The van der Waals surface area contributed by atoms with E-state index in [1.54, 1.807) is 0 Å². The number of hydrogen-bond donors (Lipinski definition) is 2. The van der Waals surface area contributed by atoms with E-state index < -0.39 is 0 Å². The minimum absolute atomic E-state index is 0. The summed E-state index contributed by atoms with van der Waals surface area (Å²) in [6, 6.07) is 6.00. The second-order valence-corrected chi connectivity index (χ2v) is 7.68. The number of amides is 1. The average molecular weight is 418 g/mol. The summed E-state index contributed by atoms with van der Waals surface area (Å²) < 4.78 is 6.57. The molecular formula is C18H26BrClN2O2. The Hall–Kier alpha value is -0.780. The van der Waals surface area contributed by atoms with Crippen LogP contribution in [0.4, 0.5) is 5.69 Å². The first kappa shape index (κ1) is 19.5. The lowest BCUT2D eigenvalue weighted by Gasteiger charge is -2.43. The topological polar surface area (TPSA) is 64.3 Å². The summed E-state index contributed by atoms with van der Waals surface area (Å²) in [7, 11) is 0. The van der Waals surface area contributed by atoms with Crippen molar-refractivity contribution in [3.05, 3.63) is 22.7 Å². The number of halogens is 2. The molecule has 2 bridgehead atoms. The normalized spacial score (nSPS) is 28.6. The van der Waals surface area contributed by atoms with Crippen LogP contribution >= 0.6 is 28.3 Å². The number of carbonyl (C=O) groups excluding carboxylic acids is 1.